The van der Waals surface area contributed by atoms with E-state index < -0.39 is 0 Å². The smallest absolute Gasteiger partial charge is 0.306 e. The maximum absolute atomic E-state index is 10.6. The average Bonchev–Trinajstić information content (AvgIpc) is 2.48. The van der Waals surface area contributed by atoms with Crippen LogP contribution in [0.15, 0.2) is 30.3 Å². The van der Waals surface area contributed by atoms with Crippen LogP contribution in [0, 0.1) is 11.3 Å². The van der Waals surface area contributed by atoms with Gasteiger partial charge in [-0.3, -0.25) is 9.59 Å². The number of nitriles is 1. The Labute approximate surface area is 121 Å². The van der Waals surface area contributed by atoms with E-state index in [1.54, 1.807) is 19.9 Å². The van der Waals surface area contributed by atoms with Crippen LogP contribution in [0.25, 0.3) is 0 Å². The number of Topliss-reactive ketones (excluding diaryl/α,β-unsaturated/α-hetero) is 1. The second kappa shape index (κ2) is 14.9. The fourth-order valence-corrected chi connectivity index (χ4v) is 1.10. The fraction of sp³-hybridized carbons (Fsp3) is 0.438. The number of benzene rings is 1. The molecule has 0 unspecified atom stereocenters. The molecule has 0 atom stereocenters. The SMILES string of the molecule is CC.CC(=O)Cc1ccccc1.CCC(=O)OCC#N. The summed E-state index contributed by atoms with van der Waals surface area (Å²) in [5.41, 5.74) is 1.09. The Morgan fingerprint density at radius 1 is 1.20 bits per heavy atom. The summed E-state index contributed by atoms with van der Waals surface area (Å²) in [7, 11) is 0. The van der Waals surface area contributed by atoms with Crippen molar-refractivity contribution >= 4 is 11.8 Å². The van der Waals surface area contributed by atoms with E-state index >= 15 is 0 Å². The molecule has 0 saturated carbocycles. The number of carbonyl (C=O) groups excluding carboxylic acids is 2. The van der Waals surface area contributed by atoms with Crippen molar-refractivity contribution in [2.24, 2.45) is 0 Å². The first-order valence-corrected chi connectivity index (χ1v) is 6.66. The normalized spacial score (nSPS) is 7.95. The van der Waals surface area contributed by atoms with E-state index in [0.717, 1.165) is 5.56 Å². The van der Waals surface area contributed by atoms with Crippen molar-refractivity contribution in [3.63, 3.8) is 0 Å². The van der Waals surface area contributed by atoms with Gasteiger partial charge in [-0.25, -0.2) is 0 Å². The monoisotopic (exact) mass is 277 g/mol. The lowest BCUT2D eigenvalue weighted by Gasteiger charge is -1.93. The van der Waals surface area contributed by atoms with E-state index in [4.69, 9.17) is 5.26 Å². The molecule has 0 fully saturated rings. The minimum absolute atomic E-state index is 0.132. The van der Waals surface area contributed by atoms with Gasteiger partial charge in [-0.05, 0) is 12.5 Å². The lowest BCUT2D eigenvalue weighted by molar-refractivity contribution is -0.141. The van der Waals surface area contributed by atoms with Gasteiger partial charge in [0.2, 0.25) is 0 Å². The van der Waals surface area contributed by atoms with E-state index in [2.05, 4.69) is 4.74 Å². The van der Waals surface area contributed by atoms with Crippen molar-refractivity contribution in [2.45, 2.75) is 40.5 Å². The molecule has 0 aliphatic carbocycles. The highest BCUT2D eigenvalue weighted by atomic mass is 16.5. The Balaban J connectivity index is 0. The van der Waals surface area contributed by atoms with Gasteiger partial charge in [-0.15, -0.1) is 0 Å². The first-order chi connectivity index (χ1) is 9.60. The third kappa shape index (κ3) is 13.9. The molecule has 0 N–H and O–H groups in total. The number of ketones is 1. The molecule has 1 aromatic rings. The summed E-state index contributed by atoms with van der Waals surface area (Å²) >= 11 is 0. The van der Waals surface area contributed by atoms with Crippen LogP contribution in [0.4, 0.5) is 0 Å². The second-order valence-corrected chi connectivity index (χ2v) is 3.54. The lowest BCUT2D eigenvalue weighted by atomic mass is 10.1. The van der Waals surface area contributed by atoms with Crippen molar-refractivity contribution < 1.29 is 14.3 Å². The number of esters is 1. The minimum Gasteiger partial charge on any atom is -0.450 e. The predicted octanol–water partition coefficient (Wildman–Crippen LogP) is 3.31. The molecule has 0 aliphatic rings. The van der Waals surface area contributed by atoms with Crippen molar-refractivity contribution in [2.75, 3.05) is 6.61 Å². The summed E-state index contributed by atoms with van der Waals surface area (Å²) in [6.07, 6.45) is 0.891. The predicted molar refractivity (Wildman–Crippen MR) is 79.0 cm³/mol. The van der Waals surface area contributed by atoms with Crippen LogP contribution in [-0.4, -0.2) is 18.4 Å². The number of carbonyl (C=O) groups is 2. The van der Waals surface area contributed by atoms with E-state index in [9.17, 15) is 9.59 Å². The molecule has 0 saturated heterocycles. The summed E-state index contributed by atoms with van der Waals surface area (Å²) in [6, 6.07) is 11.4. The van der Waals surface area contributed by atoms with E-state index in [1.165, 1.54) is 0 Å². The highest BCUT2D eigenvalue weighted by Crippen LogP contribution is 1.98. The standard InChI is InChI=1S/C9H10O.C5H7NO2.C2H6/c1-8(10)7-9-5-3-2-4-6-9;1-2-5(7)8-4-3-6;1-2/h2-6H,7H2,1H3;2,4H2,1H3;1-2H3. The number of nitrogens with zero attached hydrogens (tertiary/aromatic N) is 1. The summed E-state index contributed by atoms with van der Waals surface area (Å²) in [5, 5.41) is 7.88. The average molecular weight is 277 g/mol. The molecular weight excluding hydrogens is 254 g/mol. The summed E-state index contributed by atoms with van der Waals surface area (Å²) in [4.78, 5) is 20.8. The zero-order chi connectivity index (χ0) is 15.8. The Morgan fingerprint density at radius 2 is 1.75 bits per heavy atom. The van der Waals surface area contributed by atoms with Gasteiger partial charge in [0, 0.05) is 12.8 Å². The molecule has 4 nitrogen and oxygen atoms in total. The first kappa shape index (κ1) is 20.2. The van der Waals surface area contributed by atoms with Gasteiger partial charge in [0.05, 0.1) is 0 Å². The van der Waals surface area contributed by atoms with Gasteiger partial charge in [-0.2, -0.15) is 5.26 Å². The highest BCUT2D eigenvalue weighted by molar-refractivity contribution is 5.78. The lowest BCUT2D eigenvalue weighted by Crippen LogP contribution is -2.01. The minimum atomic E-state index is -0.327. The van der Waals surface area contributed by atoms with Crippen molar-refractivity contribution in [1.82, 2.24) is 0 Å². The zero-order valence-corrected chi connectivity index (χ0v) is 12.7. The van der Waals surface area contributed by atoms with Gasteiger partial charge < -0.3 is 4.74 Å². The molecule has 0 bridgehead atoms. The molecular formula is C16H23NO3. The van der Waals surface area contributed by atoms with Crippen molar-refractivity contribution in [3.05, 3.63) is 35.9 Å². The van der Waals surface area contributed by atoms with E-state index in [0.29, 0.717) is 12.8 Å². The number of ether oxygens (including phenoxy) is 1. The summed E-state index contributed by atoms with van der Waals surface area (Å²) < 4.78 is 4.34. The van der Waals surface area contributed by atoms with Crippen LogP contribution < -0.4 is 0 Å². The largest absolute Gasteiger partial charge is 0.450 e. The Hall–Kier alpha value is -2.15. The van der Waals surface area contributed by atoms with Crippen molar-refractivity contribution in [3.8, 4) is 6.07 Å². The van der Waals surface area contributed by atoms with Crippen LogP contribution in [0.1, 0.15) is 39.7 Å². The maximum atomic E-state index is 10.6. The molecule has 0 spiro atoms. The zero-order valence-electron chi connectivity index (χ0n) is 12.7. The first-order valence-electron chi connectivity index (χ1n) is 6.66. The third-order valence-electron chi connectivity index (χ3n) is 1.88. The molecule has 0 radical (unpaired) electrons. The maximum Gasteiger partial charge on any atom is 0.306 e. The van der Waals surface area contributed by atoms with Crippen molar-refractivity contribution in [1.29, 1.82) is 5.26 Å². The fourth-order valence-electron chi connectivity index (χ4n) is 1.10. The van der Waals surface area contributed by atoms with Gasteiger partial charge in [-0.1, -0.05) is 51.1 Å². The van der Waals surface area contributed by atoms with Crippen LogP contribution in [0.3, 0.4) is 0 Å². The highest BCUT2D eigenvalue weighted by Gasteiger charge is 1.94. The molecule has 20 heavy (non-hydrogen) atoms. The van der Waals surface area contributed by atoms with Crippen LogP contribution in [0.2, 0.25) is 0 Å². The number of hydrogen-bond acceptors (Lipinski definition) is 4. The topological polar surface area (TPSA) is 67.2 Å². The molecule has 1 aromatic carbocycles. The van der Waals surface area contributed by atoms with E-state index in [-0.39, 0.29) is 18.4 Å². The third-order valence-corrected chi connectivity index (χ3v) is 1.88. The Morgan fingerprint density at radius 3 is 2.15 bits per heavy atom. The molecule has 0 aromatic heterocycles. The quantitative estimate of drug-likeness (QED) is 0.792. The van der Waals surface area contributed by atoms with Crippen LogP contribution in [-0.2, 0) is 20.7 Å². The number of rotatable bonds is 4. The van der Waals surface area contributed by atoms with Crippen LogP contribution in [0.5, 0.6) is 0 Å². The summed E-state index contributed by atoms with van der Waals surface area (Å²) in [6.45, 7) is 7.15. The van der Waals surface area contributed by atoms with Gasteiger partial charge in [0.15, 0.2) is 6.61 Å². The van der Waals surface area contributed by atoms with Gasteiger partial charge in [0.25, 0.3) is 0 Å². The summed E-state index contributed by atoms with van der Waals surface area (Å²) in [5.74, 6) is -0.113. The Kier molecular flexibility index (Phi) is 15.0. The number of hydrogen-bond donors (Lipinski definition) is 0. The van der Waals surface area contributed by atoms with E-state index in [1.807, 2.05) is 44.2 Å². The molecule has 4 heteroatoms. The molecule has 110 valence electrons. The second-order valence-electron chi connectivity index (χ2n) is 3.54. The molecule has 1 rings (SSSR count). The molecule has 0 amide bonds. The molecule has 0 heterocycles. The molecule has 0 aliphatic heterocycles. The van der Waals surface area contributed by atoms with Gasteiger partial charge >= 0.3 is 5.97 Å². The van der Waals surface area contributed by atoms with Gasteiger partial charge in [0.1, 0.15) is 11.9 Å². The Bertz CT molecular complexity index is 407. The van der Waals surface area contributed by atoms with Crippen LogP contribution >= 0.6 is 0 Å².